The number of thiocarbonyl (C=S) groups is 2. The van der Waals surface area contributed by atoms with Gasteiger partial charge in [0.2, 0.25) is 0 Å². The van der Waals surface area contributed by atoms with Crippen LogP contribution in [0.5, 0.6) is 0 Å². The minimum absolute atomic E-state index is 0. The fourth-order valence-electron chi connectivity index (χ4n) is 1.71. The average molecular weight is 819 g/mol. The number of isothiocyanates is 2. The van der Waals surface area contributed by atoms with E-state index >= 15 is 0 Å². The molecule has 0 saturated carbocycles. The van der Waals surface area contributed by atoms with Crippen LogP contribution in [0, 0.1) is 22.7 Å². The maximum Gasteiger partial charge on any atom is 2.00 e. The van der Waals surface area contributed by atoms with E-state index in [9.17, 15) is 20.4 Å². The van der Waals surface area contributed by atoms with Crippen LogP contribution in [0.1, 0.15) is 26.7 Å². The zero-order valence-corrected chi connectivity index (χ0v) is 30.2. The molecule has 0 aliphatic carbocycles. The van der Waals surface area contributed by atoms with E-state index in [4.69, 9.17) is 31.6 Å². The van der Waals surface area contributed by atoms with Crippen molar-refractivity contribution in [2.24, 2.45) is 20.0 Å². The largest absolute Gasteiger partial charge is 2.00 e. The number of hydrogen-bond donors (Lipinski definition) is 2. The SMILES string of the molecule is CC#N.CC#N.CN(C)CCCN=C([O-])C([O-])=NCCO.CN(C)CCCN=C([O-])C([O-])=NCCO.[Cu+2].[Cu+2].[Cu+2].[N-]=C=S.[N-]=C=S. The Morgan fingerprint density at radius 3 is 0.956 bits per heavy atom. The van der Waals surface area contributed by atoms with Gasteiger partial charge in [-0.1, -0.05) is 24.4 Å². The summed E-state index contributed by atoms with van der Waals surface area (Å²) in [4.78, 5) is 17.7. The molecule has 0 rings (SSSR count). The Kier molecular flexibility index (Phi) is 88.7. The summed E-state index contributed by atoms with van der Waals surface area (Å²) < 4.78 is 0. The van der Waals surface area contributed by atoms with Gasteiger partial charge in [0.05, 0.1) is 38.4 Å². The Bertz CT molecular complexity index is 831. The van der Waals surface area contributed by atoms with Crippen molar-refractivity contribution in [1.82, 2.24) is 9.80 Å². The minimum Gasteiger partial charge on any atom is -0.858 e. The van der Waals surface area contributed by atoms with Gasteiger partial charge in [-0.05, 0) is 77.7 Å². The van der Waals surface area contributed by atoms with E-state index in [1.165, 1.54) is 24.2 Å². The maximum absolute atomic E-state index is 11.0. The smallest absolute Gasteiger partial charge is 0.858 e. The molecule has 0 bridgehead atoms. The zero-order valence-electron chi connectivity index (χ0n) is 25.8. The second kappa shape index (κ2) is 61.0. The molecule has 0 heterocycles. The van der Waals surface area contributed by atoms with E-state index in [0.29, 0.717) is 13.1 Å². The van der Waals surface area contributed by atoms with E-state index < -0.39 is 23.6 Å². The molecular weight excluding hydrogens is 779 g/mol. The van der Waals surface area contributed by atoms with E-state index in [2.05, 4.69) is 44.4 Å². The Morgan fingerprint density at radius 1 is 0.622 bits per heavy atom. The quantitative estimate of drug-likeness (QED) is 0.0668. The van der Waals surface area contributed by atoms with Gasteiger partial charge in [0, 0.05) is 26.9 Å². The summed E-state index contributed by atoms with van der Waals surface area (Å²) in [6, 6.07) is 3.50. The first-order valence-electron chi connectivity index (χ1n) is 11.8. The number of aliphatic hydroxyl groups is 2. The van der Waals surface area contributed by atoms with E-state index in [1.54, 1.807) is 12.1 Å². The van der Waals surface area contributed by atoms with E-state index in [-0.39, 0.29) is 77.5 Å². The van der Waals surface area contributed by atoms with Gasteiger partial charge in [-0.3, -0.25) is 9.98 Å². The van der Waals surface area contributed by atoms with Crippen LogP contribution < -0.4 is 20.4 Å². The van der Waals surface area contributed by atoms with Gasteiger partial charge in [0.1, 0.15) is 0 Å². The molecule has 2 N–H and O–H groups in total. The van der Waals surface area contributed by atoms with E-state index in [0.717, 1.165) is 25.9 Å². The van der Waals surface area contributed by atoms with Gasteiger partial charge < -0.3 is 61.2 Å². The molecule has 0 fully saturated rings. The average Bonchev–Trinajstić information content (AvgIpc) is 2.92. The van der Waals surface area contributed by atoms with Crippen molar-refractivity contribution < 1.29 is 81.8 Å². The van der Waals surface area contributed by atoms with Crippen molar-refractivity contribution in [3.8, 4) is 12.1 Å². The monoisotopic (exact) mass is 817 g/mol. The van der Waals surface area contributed by atoms with Gasteiger partial charge in [0.15, 0.2) is 0 Å². The van der Waals surface area contributed by atoms with Crippen molar-refractivity contribution in [3.05, 3.63) is 10.8 Å². The predicted molar refractivity (Wildman–Crippen MR) is 164 cm³/mol. The van der Waals surface area contributed by atoms with Crippen molar-refractivity contribution in [1.29, 1.82) is 10.5 Å². The molecule has 0 aromatic carbocycles. The van der Waals surface area contributed by atoms with Crippen LogP contribution in [0.4, 0.5) is 0 Å². The van der Waals surface area contributed by atoms with Crippen molar-refractivity contribution in [3.63, 3.8) is 0 Å². The summed E-state index contributed by atoms with van der Waals surface area (Å²) in [6.07, 6.45) is 1.46. The summed E-state index contributed by atoms with van der Waals surface area (Å²) in [7, 11) is 7.68. The molecule has 0 aliphatic rings. The predicted octanol–water partition coefficient (Wildman–Crippen LogP) is -2.73. The van der Waals surface area contributed by atoms with Crippen LogP contribution in [0.2, 0.25) is 0 Å². The normalized spacial score (nSPS) is 9.78. The summed E-state index contributed by atoms with van der Waals surface area (Å²) >= 11 is 7.40. The fraction of sp³-hybridized carbons (Fsp3) is 0.667. The molecule has 0 atom stereocenters. The van der Waals surface area contributed by atoms with Crippen LogP contribution >= 0.6 is 24.4 Å². The van der Waals surface area contributed by atoms with Crippen LogP contribution in [-0.4, -0.2) is 135 Å². The number of hydrogen-bond acceptors (Lipinski definition) is 16. The Hall–Kier alpha value is -2.14. The fourth-order valence-corrected chi connectivity index (χ4v) is 1.71. The molecular formula is C24H40Cu3N10O6S2. The summed E-state index contributed by atoms with van der Waals surface area (Å²) in [6.45, 7) is 4.60. The molecule has 0 saturated heterocycles. The van der Waals surface area contributed by atoms with Crippen LogP contribution in [0.3, 0.4) is 0 Å². The third kappa shape index (κ3) is 85.7. The van der Waals surface area contributed by atoms with Crippen LogP contribution in [-0.2, 0) is 51.2 Å². The molecule has 0 unspecified atom stereocenters. The summed E-state index contributed by atoms with van der Waals surface area (Å²) in [5.41, 5.74) is 0. The van der Waals surface area contributed by atoms with Crippen LogP contribution in [0.25, 0.3) is 10.8 Å². The Labute approximate surface area is 309 Å². The number of nitrogens with zero attached hydrogens (tertiary/aromatic N) is 10. The second-order valence-corrected chi connectivity index (χ2v) is 7.50. The van der Waals surface area contributed by atoms with Crippen LogP contribution in [0.15, 0.2) is 20.0 Å². The molecule has 16 nitrogen and oxygen atoms in total. The standard InChI is InChI=1S/2C9H19N3O3.2C2H3N.2CNS.3Cu/c2*1-12(2)6-3-4-10-8(14)9(15)11-5-7-13;2*1-2-3;2*2-1-3;;;/h2*13H,3-7H2,1-2H3,(H,10,14)(H,11,15);2*1H3;;;;;/q;;;;2*-1;3*+2/p-4. The number of aliphatic imine (C=N–C) groups is 4. The van der Waals surface area contributed by atoms with Crippen molar-refractivity contribution in [2.75, 3.05) is 80.7 Å². The van der Waals surface area contributed by atoms with Gasteiger partial charge in [0.25, 0.3) is 0 Å². The Morgan fingerprint density at radius 2 is 0.800 bits per heavy atom. The maximum atomic E-state index is 11.0. The minimum atomic E-state index is -0.881. The molecule has 3 radical (unpaired) electrons. The molecule has 45 heavy (non-hydrogen) atoms. The first-order valence-corrected chi connectivity index (χ1v) is 12.6. The number of aliphatic hydroxyl groups excluding tert-OH is 2. The van der Waals surface area contributed by atoms with Crippen molar-refractivity contribution >= 4 is 58.3 Å². The van der Waals surface area contributed by atoms with Gasteiger partial charge in [-0.15, -0.1) is 0 Å². The number of rotatable bonds is 12. The first-order chi connectivity index (χ1) is 19.8. The topological polar surface area (TPSA) is 281 Å². The molecule has 21 heteroatoms. The third-order valence-corrected chi connectivity index (χ3v) is 3.11. The van der Waals surface area contributed by atoms with Crippen molar-refractivity contribution in [2.45, 2.75) is 26.7 Å². The zero-order chi connectivity index (χ0) is 34.2. The van der Waals surface area contributed by atoms with Gasteiger partial charge in [-0.25, -0.2) is 0 Å². The molecule has 0 spiro atoms. The molecule has 267 valence electrons. The van der Waals surface area contributed by atoms with E-state index in [1.807, 2.05) is 38.0 Å². The number of nitriles is 2. The van der Waals surface area contributed by atoms with Gasteiger partial charge in [-0.2, -0.15) is 20.8 Å². The third-order valence-electron chi connectivity index (χ3n) is 3.11. The molecule has 0 amide bonds. The summed E-state index contributed by atoms with van der Waals surface area (Å²) in [5.74, 6) is -3.42. The second-order valence-electron chi connectivity index (χ2n) is 7.14. The molecule has 0 aromatic heterocycles. The summed E-state index contributed by atoms with van der Waals surface area (Å²) in [5, 5.41) is 92.1. The molecule has 0 aromatic rings. The first kappa shape index (κ1) is 65.5. The molecule has 0 aliphatic heterocycles. The van der Waals surface area contributed by atoms with Gasteiger partial charge >= 0.3 is 51.2 Å². The Balaban J connectivity index is -0.0000000578.